The molecule has 2 amide bonds. The Kier molecular flexibility index (Phi) is 4.77. The molecule has 104 valence electrons. The van der Waals surface area contributed by atoms with Crippen molar-refractivity contribution in [3.8, 4) is 0 Å². The first-order valence-corrected chi connectivity index (χ1v) is 6.89. The Morgan fingerprint density at radius 3 is 2.56 bits per heavy atom. The molecule has 1 N–H and O–H groups in total. The normalized spacial score (nSPS) is 22.3. The summed E-state index contributed by atoms with van der Waals surface area (Å²) in [5.41, 5.74) is -0.718. The number of nitrogens with one attached hydrogen (secondary N) is 1. The number of rotatable bonds is 4. The Hall–Kier alpha value is -1.06. The molecule has 0 bridgehead atoms. The maximum absolute atomic E-state index is 12.3. The lowest BCUT2D eigenvalue weighted by Gasteiger charge is -2.41. The molecule has 2 atom stereocenters. The zero-order valence-corrected chi connectivity index (χ0v) is 12.2. The van der Waals surface area contributed by atoms with E-state index < -0.39 is 5.54 Å². The molecular formula is C14H26N2O2. The minimum atomic E-state index is -0.718. The molecular weight excluding hydrogens is 228 g/mol. The monoisotopic (exact) mass is 254 g/mol. The molecule has 0 aromatic heterocycles. The van der Waals surface area contributed by atoms with Crippen molar-refractivity contribution in [3.05, 3.63) is 0 Å². The smallest absolute Gasteiger partial charge is 0.245 e. The van der Waals surface area contributed by atoms with E-state index in [-0.39, 0.29) is 11.8 Å². The van der Waals surface area contributed by atoms with Crippen LogP contribution in [-0.4, -0.2) is 35.3 Å². The molecule has 0 aromatic rings. The quantitative estimate of drug-likeness (QED) is 0.831. The van der Waals surface area contributed by atoms with Crippen molar-refractivity contribution in [1.29, 1.82) is 0 Å². The number of carbonyl (C=O) groups is 2. The Labute approximate surface area is 110 Å². The van der Waals surface area contributed by atoms with E-state index >= 15 is 0 Å². The van der Waals surface area contributed by atoms with Crippen molar-refractivity contribution < 1.29 is 9.59 Å². The van der Waals surface area contributed by atoms with Crippen molar-refractivity contribution in [1.82, 2.24) is 10.2 Å². The molecule has 1 aliphatic rings. The van der Waals surface area contributed by atoms with E-state index in [0.717, 1.165) is 6.42 Å². The van der Waals surface area contributed by atoms with E-state index in [1.165, 1.54) is 0 Å². The maximum atomic E-state index is 12.3. The van der Waals surface area contributed by atoms with Gasteiger partial charge in [-0.3, -0.25) is 9.59 Å². The highest BCUT2D eigenvalue weighted by atomic mass is 16.2. The summed E-state index contributed by atoms with van der Waals surface area (Å²) in [7, 11) is 0. The molecule has 1 aliphatic heterocycles. The van der Waals surface area contributed by atoms with Crippen LogP contribution in [0.5, 0.6) is 0 Å². The van der Waals surface area contributed by atoms with Gasteiger partial charge < -0.3 is 10.2 Å². The van der Waals surface area contributed by atoms with Gasteiger partial charge in [-0.2, -0.15) is 0 Å². The Morgan fingerprint density at radius 2 is 2.00 bits per heavy atom. The molecule has 4 nitrogen and oxygen atoms in total. The third-order valence-electron chi connectivity index (χ3n) is 4.26. The number of piperazine rings is 1. The zero-order chi connectivity index (χ0) is 13.9. The number of hydrogen-bond acceptors (Lipinski definition) is 2. The van der Waals surface area contributed by atoms with Gasteiger partial charge in [0.2, 0.25) is 11.8 Å². The van der Waals surface area contributed by atoms with Crippen LogP contribution in [-0.2, 0) is 9.59 Å². The van der Waals surface area contributed by atoms with E-state index in [1.54, 1.807) is 4.90 Å². The molecule has 1 fully saturated rings. The van der Waals surface area contributed by atoms with Crippen molar-refractivity contribution in [3.63, 3.8) is 0 Å². The fourth-order valence-electron chi connectivity index (χ4n) is 2.33. The van der Waals surface area contributed by atoms with Crippen molar-refractivity contribution >= 4 is 11.8 Å². The first kappa shape index (κ1) is 15.0. The Morgan fingerprint density at radius 1 is 1.39 bits per heavy atom. The number of amides is 2. The topological polar surface area (TPSA) is 49.4 Å². The average molecular weight is 254 g/mol. The van der Waals surface area contributed by atoms with Crippen LogP contribution >= 0.6 is 0 Å². The van der Waals surface area contributed by atoms with Crippen molar-refractivity contribution in [2.45, 2.75) is 53.0 Å². The molecule has 0 aromatic carbocycles. The van der Waals surface area contributed by atoms with Gasteiger partial charge in [-0.15, -0.1) is 0 Å². The zero-order valence-electron chi connectivity index (χ0n) is 12.2. The molecule has 18 heavy (non-hydrogen) atoms. The standard InChI is InChI=1S/C14H26N2O2/c1-6-10(2)11(3)9-12(17)16-8-7-15-13(18)14(16,4)5/h10-11H,6-9H2,1-5H3,(H,15,18). The van der Waals surface area contributed by atoms with Crippen LogP contribution < -0.4 is 5.32 Å². The third-order valence-corrected chi connectivity index (χ3v) is 4.26. The molecule has 2 unspecified atom stereocenters. The highest BCUT2D eigenvalue weighted by Gasteiger charge is 2.40. The molecule has 1 heterocycles. The second kappa shape index (κ2) is 5.72. The van der Waals surface area contributed by atoms with Gasteiger partial charge in [0.25, 0.3) is 0 Å². The van der Waals surface area contributed by atoms with Crippen LogP contribution in [0.25, 0.3) is 0 Å². The average Bonchev–Trinajstić information content (AvgIpc) is 2.31. The van der Waals surface area contributed by atoms with E-state index in [9.17, 15) is 9.59 Å². The van der Waals surface area contributed by atoms with E-state index in [0.29, 0.717) is 31.3 Å². The third kappa shape index (κ3) is 3.03. The highest BCUT2D eigenvalue weighted by molar-refractivity contribution is 5.91. The molecule has 1 rings (SSSR count). The minimum absolute atomic E-state index is 0.0571. The van der Waals surface area contributed by atoms with Gasteiger partial charge in [-0.05, 0) is 25.7 Å². The summed E-state index contributed by atoms with van der Waals surface area (Å²) in [5, 5.41) is 2.81. The van der Waals surface area contributed by atoms with Crippen molar-refractivity contribution in [2.75, 3.05) is 13.1 Å². The minimum Gasteiger partial charge on any atom is -0.352 e. The Bertz CT molecular complexity index is 326. The maximum Gasteiger partial charge on any atom is 0.245 e. The summed E-state index contributed by atoms with van der Waals surface area (Å²) in [4.78, 5) is 25.9. The molecule has 0 aliphatic carbocycles. The van der Waals surface area contributed by atoms with Gasteiger partial charge in [-0.1, -0.05) is 27.2 Å². The van der Waals surface area contributed by atoms with Crippen molar-refractivity contribution in [2.24, 2.45) is 11.8 Å². The SMILES string of the molecule is CCC(C)C(C)CC(=O)N1CCNC(=O)C1(C)C. The lowest BCUT2D eigenvalue weighted by atomic mass is 9.89. The van der Waals surface area contributed by atoms with Crippen LogP contribution in [0.3, 0.4) is 0 Å². The first-order valence-electron chi connectivity index (χ1n) is 6.89. The van der Waals surface area contributed by atoms with Gasteiger partial charge in [0, 0.05) is 19.5 Å². The lowest BCUT2D eigenvalue weighted by Crippen LogP contribution is -2.63. The predicted octanol–water partition coefficient (Wildman–Crippen LogP) is 1.80. The fraction of sp³-hybridized carbons (Fsp3) is 0.857. The summed E-state index contributed by atoms with van der Waals surface area (Å²) in [6, 6.07) is 0. The summed E-state index contributed by atoms with van der Waals surface area (Å²) in [6.45, 7) is 11.2. The lowest BCUT2D eigenvalue weighted by molar-refractivity contribution is -0.150. The molecule has 1 saturated heterocycles. The second-order valence-electron chi connectivity index (χ2n) is 5.93. The largest absolute Gasteiger partial charge is 0.352 e. The summed E-state index contributed by atoms with van der Waals surface area (Å²) in [6.07, 6.45) is 1.62. The van der Waals surface area contributed by atoms with E-state index in [2.05, 4.69) is 26.1 Å². The van der Waals surface area contributed by atoms with Crippen LogP contribution in [0, 0.1) is 11.8 Å². The first-order chi connectivity index (χ1) is 8.30. The molecule has 0 saturated carbocycles. The number of carbonyl (C=O) groups excluding carboxylic acids is 2. The fourth-order valence-corrected chi connectivity index (χ4v) is 2.33. The summed E-state index contributed by atoms with van der Waals surface area (Å²) >= 11 is 0. The summed E-state index contributed by atoms with van der Waals surface area (Å²) < 4.78 is 0. The van der Waals surface area contributed by atoms with Gasteiger partial charge >= 0.3 is 0 Å². The molecule has 0 radical (unpaired) electrons. The molecule has 0 spiro atoms. The van der Waals surface area contributed by atoms with Gasteiger partial charge in [0.1, 0.15) is 5.54 Å². The van der Waals surface area contributed by atoms with Crippen LogP contribution in [0.1, 0.15) is 47.5 Å². The molecule has 4 heteroatoms. The van der Waals surface area contributed by atoms with Crippen LogP contribution in [0.4, 0.5) is 0 Å². The summed E-state index contributed by atoms with van der Waals surface area (Å²) in [5.74, 6) is 0.944. The van der Waals surface area contributed by atoms with Crippen LogP contribution in [0.2, 0.25) is 0 Å². The van der Waals surface area contributed by atoms with Gasteiger partial charge in [0.15, 0.2) is 0 Å². The second-order valence-corrected chi connectivity index (χ2v) is 5.93. The highest BCUT2D eigenvalue weighted by Crippen LogP contribution is 2.23. The van der Waals surface area contributed by atoms with Gasteiger partial charge in [0.05, 0.1) is 0 Å². The van der Waals surface area contributed by atoms with Crippen LogP contribution in [0.15, 0.2) is 0 Å². The van der Waals surface area contributed by atoms with E-state index in [4.69, 9.17) is 0 Å². The Balaban J connectivity index is 2.69. The van der Waals surface area contributed by atoms with E-state index in [1.807, 2.05) is 13.8 Å². The number of hydrogen-bond donors (Lipinski definition) is 1. The van der Waals surface area contributed by atoms with Gasteiger partial charge in [-0.25, -0.2) is 0 Å². The number of nitrogens with zero attached hydrogens (tertiary/aromatic N) is 1. The predicted molar refractivity (Wildman–Crippen MR) is 72.0 cm³/mol.